The van der Waals surface area contributed by atoms with Crippen LogP contribution < -0.4 is 50.8 Å². The molecule has 8 fully saturated rings. The van der Waals surface area contributed by atoms with Gasteiger partial charge in [0.15, 0.2) is 0 Å². The number of halogens is 3. The van der Waals surface area contributed by atoms with Gasteiger partial charge in [-0.05, 0) is 175 Å². The minimum atomic E-state index is -5.44. The molecule has 30 heteroatoms. The van der Waals surface area contributed by atoms with Crippen molar-refractivity contribution in [3.05, 3.63) is 175 Å². The van der Waals surface area contributed by atoms with Crippen LogP contribution in [0.2, 0.25) is 0 Å². The van der Waals surface area contributed by atoms with Gasteiger partial charge in [0.1, 0.15) is 0 Å². The van der Waals surface area contributed by atoms with Crippen LogP contribution in [0.4, 0.5) is 30.2 Å². The van der Waals surface area contributed by atoms with Gasteiger partial charge in [0, 0.05) is 46.3 Å². The van der Waals surface area contributed by atoms with E-state index < -0.39 is 45.6 Å². The summed E-state index contributed by atoms with van der Waals surface area (Å²) in [5, 5.41) is 24.5. The summed E-state index contributed by atoms with van der Waals surface area (Å²) >= 11 is 0. The van der Waals surface area contributed by atoms with Crippen LogP contribution in [-0.2, 0) is 40.1 Å². The van der Waals surface area contributed by atoms with Gasteiger partial charge < -0.3 is 31.9 Å². The molecule has 0 unspecified atom stereocenters. The van der Waals surface area contributed by atoms with Crippen LogP contribution in [0.5, 0.6) is 0 Å². The summed E-state index contributed by atoms with van der Waals surface area (Å²) in [6.45, 7) is 1.95. The summed E-state index contributed by atoms with van der Waals surface area (Å²) in [5.41, 5.74) is -1.39. The number of guanidine groups is 5. The topological polar surface area (TPSA) is 319 Å². The molecule has 15 rings (SSSR count). The summed E-state index contributed by atoms with van der Waals surface area (Å²) in [6.07, 6.45) is 45.2. The molecule has 0 radical (unpaired) electrons. The normalized spacial score (nSPS) is 19.2. The largest absolute Gasteiger partial charge is 0.516 e. The van der Waals surface area contributed by atoms with Crippen molar-refractivity contribution in [3.8, 4) is 0 Å². The van der Waals surface area contributed by atoms with Gasteiger partial charge in [0.2, 0.25) is 39.8 Å². The van der Waals surface area contributed by atoms with Crippen molar-refractivity contribution in [1.82, 2.24) is 40.2 Å². The molecule has 0 aliphatic heterocycles. The zero-order valence-corrected chi connectivity index (χ0v) is 75.6. The second kappa shape index (κ2) is 48.6. The molecular weight excluding hydrogens is 1650 g/mol. The maximum Gasteiger partial charge on any atom is 0.516 e. The van der Waals surface area contributed by atoms with Gasteiger partial charge in [0.25, 0.3) is 20.0 Å². The molecule has 10 N–H and O–H groups in total. The van der Waals surface area contributed by atoms with Gasteiger partial charge >= 0.3 is 15.5 Å². The molecule has 7 aromatic carbocycles. The zero-order valence-electron chi connectivity index (χ0n) is 72.3. The third-order valence-electron chi connectivity index (χ3n) is 24.0. The van der Waals surface area contributed by atoms with E-state index in [9.17, 15) is 46.8 Å². The molecule has 8 saturated carbocycles. The minimum Gasteiger partial charge on any atom is -0.353 e. The van der Waals surface area contributed by atoms with Crippen molar-refractivity contribution in [3.63, 3.8) is 0 Å². The summed E-state index contributed by atoms with van der Waals surface area (Å²) in [6, 6.07) is 56.2. The van der Waals surface area contributed by atoms with E-state index in [2.05, 4.69) is 111 Å². The van der Waals surface area contributed by atoms with Crippen LogP contribution in [0.15, 0.2) is 205 Å². The molecule has 0 saturated heterocycles. The fourth-order valence-electron chi connectivity index (χ4n) is 17.4. The predicted molar refractivity (Wildman–Crippen MR) is 500 cm³/mol. The number of aliphatic imine (C=N–C) groups is 5. The highest BCUT2D eigenvalue weighted by Crippen LogP contribution is 2.36. The van der Waals surface area contributed by atoms with Gasteiger partial charge in [-0.1, -0.05) is 275 Å². The minimum absolute atomic E-state index is 0.0259. The lowest BCUT2D eigenvalue weighted by molar-refractivity contribution is -0.0442. The first-order valence-corrected chi connectivity index (χ1v) is 51.9. The Kier molecular flexibility index (Phi) is 37.5. The van der Waals surface area contributed by atoms with Crippen LogP contribution >= 0.6 is 0 Å². The zero-order chi connectivity index (χ0) is 87.5. The number of benzene rings is 7. The Morgan fingerprint density at radius 3 is 0.903 bits per heavy atom. The standard InChI is InChI=1S/C27H21N3.C20H31N3O2S.C19H29N3O2S.C14H24F3N3O2S.C14H27N3O2S/c1-3-13-22(14-4-1)28-27(29-23-15-5-2-6-16-23)30-26-24-17-9-7-11-20(24)19-21-12-8-10-18-25(21)26;1-16-12-14-19(15-13-16)26(24,25)23-20(21-17-8-4-2-5-9-17)22-18-10-6-3-7-11-18;23-25(24,18-14-8-3-9-15-18)22-19(20-16-10-4-1-5-11-16)21-17-12-6-2-7-13-17;15-14(16,17)23(21,22)20-13(18-11-7-3-1-4-8-11)19-12-9-5-2-6-10-12;1-20(18,19)17-14(15-12-8-4-2-5-9-12)16-13-10-6-3-7-11-13/h1-19H,(H2,28,29,30);12-15,17-18H,2-11H2,1H3,(H2,21,22,23);3,8-9,14-17H,1-2,4-7,10-13H2,(H2,20,21,22);11-12H,1-10H2,(H2,18,19,20);12-13H,2-11H2,1H3,(H2,15,16,17). The molecule has 124 heavy (non-hydrogen) atoms. The van der Waals surface area contributed by atoms with Gasteiger partial charge in [-0.25, -0.2) is 64.4 Å². The monoisotopic (exact) mass is 1780 g/mol. The van der Waals surface area contributed by atoms with Crippen LogP contribution in [0.3, 0.4) is 0 Å². The third-order valence-corrected chi connectivity index (χ3v) is 28.4. The van der Waals surface area contributed by atoms with Gasteiger partial charge in [-0.3, -0.25) is 4.72 Å². The average molecular weight is 1790 g/mol. The van der Waals surface area contributed by atoms with Crippen molar-refractivity contribution < 1.29 is 46.8 Å². The van der Waals surface area contributed by atoms with Crippen LogP contribution in [-0.4, -0.2) is 124 Å². The van der Waals surface area contributed by atoms with Crippen molar-refractivity contribution >= 4 is 108 Å². The van der Waals surface area contributed by atoms with E-state index in [-0.39, 0.29) is 46.0 Å². The first-order valence-electron chi connectivity index (χ1n) is 45.6. The first-order chi connectivity index (χ1) is 59.8. The van der Waals surface area contributed by atoms with Crippen LogP contribution in [0.1, 0.15) is 262 Å². The number of para-hydroxylation sites is 2. The highest BCUT2D eigenvalue weighted by molar-refractivity contribution is 7.91. The van der Waals surface area contributed by atoms with Crippen molar-refractivity contribution in [2.24, 2.45) is 25.0 Å². The lowest BCUT2D eigenvalue weighted by Crippen LogP contribution is -2.50. The molecule has 0 aromatic heterocycles. The van der Waals surface area contributed by atoms with Gasteiger partial charge in [0.05, 0.1) is 45.9 Å². The second-order valence-corrected chi connectivity index (χ2v) is 41.2. The van der Waals surface area contributed by atoms with Gasteiger partial charge in [-0.15, -0.1) is 0 Å². The fourth-order valence-corrected chi connectivity index (χ4v) is 20.3. The molecule has 23 nitrogen and oxygen atoms in total. The van der Waals surface area contributed by atoms with Crippen LogP contribution in [0, 0.1) is 6.92 Å². The smallest absolute Gasteiger partial charge is 0.353 e. The Morgan fingerprint density at radius 2 is 0.589 bits per heavy atom. The number of aryl methyl sites for hydroxylation is 1. The lowest BCUT2D eigenvalue weighted by atomic mass is 9.95. The van der Waals surface area contributed by atoms with Crippen LogP contribution in [0.25, 0.3) is 21.5 Å². The number of nitrogens with one attached hydrogen (secondary N) is 10. The van der Waals surface area contributed by atoms with E-state index in [4.69, 9.17) is 15.0 Å². The molecule has 0 amide bonds. The Balaban J connectivity index is 0.000000152. The Labute approximate surface area is 735 Å². The average Bonchev–Trinajstić information content (AvgIpc) is 0.770. The number of hydrogen-bond donors (Lipinski definition) is 10. The summed E-state index contributed by atoms with van der Waals surface area (Å²) < 4.78 is 144. The number of fused-ring (bicyclic) bond motifs is 2. The van der Waals surface area contributed by atoms with Gasteiger partial charge in [-0.2, -0.15) is 21.6 Å². The predicted octanol–water partition coefficient (Wildman–Crippen LogP) is 19.8. The number of alkyl halides is 3. The Bertz CT molecular complexity index is 4950. The second-order valence-electron chi connectivity index (χ2n) is 34.4. The number of nitrogens with zero attached hydrogens (tertiary/aromatic N) is 5. The van der Waals surface area contributed by atoms with Crippen molar-refractivity contribution in [1.29, 1.82) is 0 Å². The summed E-state index contributed by atoms with van der Waals surface area (Å²) in [4.78, 5) is 24.1. The molecule has 0 spiro atoms. The number of anilines is 2. The SMILES string of the molecule is CS(=O)(=O)NC(=NC1CCCCC1)NC1CCCCC1.Cc1ccc(S(=O)(=O)NC(=NC2CCCCC2)NC2CCCCC2)cc1.O=S(=O)(NC(=NC1CCCCC1)NC1CCCCC1)C(F)(F)F.O=S(=O)(NC(=NC1CCCCC1)NC1CCCCC1)c1ccccc1.c1ccc(NC(=Nc2c3ccccc3cc3ccccc23)Nc2ccccc2)cc1. The van der Waals surface area contributed by atoms with E-state index in [1.54, 1.807) is 41.1 Å². The quantitative estimate of drug-likeness (QED) is 0.0230. The highest BCUT2D eigenvalue weighted by Gasteiger charge is 2.47. The summed E-state index contributed by atoms with van der Waals surface area (Å²) in [5.74, 6) is 1.76. The van der Waals surface area contributed by atoms with E-state index in [0.717, 1.165) is 175 Å². The highest BCUT2D eigenvalue weighted by atomic mass is 32.2. The molecule has 676 valence electrons. The Hall–Kier alpha value is -9.00. The lowest BCUT2D eigenvalue weighted by Gasteiger charge is -2.26. The van der Waals surface area contributed by atoms with Crippen molar-refractivity contribution in [2.75, 3.05) is 16.9 Å². The fraction of sp³-hybridized carbons (Fsp3) is 0.543. The molecule has 8 aliphatic rings. The van der Waals surface area contributed by atoms with E-state index in [0.29, 0.717) is 42.0 Å². The molecule has 8 aliphatic carbocycles. The number of rotatable bonds is 17. The van der Waals surface area contributed by atoms with E-state index in [1.807, 2.05) is 85.8 Å². The van der Waals surface area contributed by atoms with E-state index in [1.165, 1.54) is 133 Å². The van der Waals surface area contributed by atoms with E-state index >= 15 is 0 Å². The maximum absolute atomic E-state index is 12.8. The number of sulfonamides is 4. The molecule has 0 atom stereocenters. The molecule has 0 bridgehead atoms. The Morgan fingerprint density at radius 1 is 0.315 bits per heavy atom. The third kappa shape index (κ3) is 32.8. The number of hydrogen-bond acceptors (Lipinski definition) is 13. The summed E-state index contributed by atoms with van der Waals surface area (Å²) in [7, 11) is -15.9. The molecule has 0 heterocycles. The van der Waals surface area contributed by atoms with Crippen molar-refractivity contribution in [2.45, 2.75) is 327 Å². The first kappa shape index (κ1) is 95.7. The maximum atomic E-state index is 12.8. The molecule has 7 aromatic rings. The molecular formula is C94H132F3N15O8S4.